The fraction of sp³-hybridized carbons (Fsp3) is 0.467. The van der Waals surface area contributed by atoms with Gasteiger partial charge >= 0.3 is 5.97 Å². The van der Waals surface area contributed by atoms with Crippen molar-refractivity contribution in [3.8, 4) is 5.75 Å². The molecule has 0 heterocycles. The highest BCUT2D eigenvalue weighted by atomic mass is 32.2. The number of hydrogen-bond donors (Lipinski definition) is 3. The average molecular weight is 374 g/mol. The van der Waals surface area contributed by atoms with Crippen LogP contribution in [0.5, 0.6) is 5.75 Å². The van der Waals surface area contributed by atoms with Crippen molar-refractivity contribution >= 4 is 21.9 Å². The van der Waals surface area contributed by atoms with Gasteiger partial charge in [-0.05, 0) is 31.2 Å². The van der Waals surface area contributed by atoms with Crippen molar-refractivity contribution in [3.63, 3.8) is 0 Å². The van der Waals surface area contributed by atoms with Gasteiger partial charge in [0.15, 0.2) is 6.04 Å². The Labute approximate surface area is 146 Å². The van der Waals surface area contributed by atoms with E-state index in [1.165, 1.54) is 31.4 Å². The maximum Gasteiger partial charge on any atom is 0.328 e. The number of hydrogen-bond acceptors (Lipinski definition) is 6. The minimum atomic E-state index is -3.77. The zero-order chi connectivity index (χ0) is 18.9. The highest BCUT2D eigenvalue weighted by Gasteiger charge is 2.20. The van der Waals surface area contributed by atoms with Crippen molar-refractivity contribution in [2.45, 2.75) is 24.3 Å². The van der Waals surface area contributed by atoms with Gasteiger partial charge in [-0.15, -0.1) is 0 Å². The first-order valence-corrected chi connectivity index (χ1v) is 9.02. The van der Waals surface area contributed by atoms with Crippen LogP contribution in [0.15, 0.2) is 29.2 Å². The van der Waals surface area contributed by atoms with Crippen LogP contribution in [0.25, 0.3) is 0 Å². The molecule has 1 atom stereocenters. The number of methoxy groups -OCH3 is 1. The van der Waals surface area contributed by atoms with E-state index in [1.807, 2.05) is 6.92 Å². The zero-order valence-electron chi connectivity index (χ0n) is 14.0. The van der Waals surface area contributed by atoms with Gasteiger partial charge in [0, 0.05) is 20.1 Å². The SMILES string of the molecule is CCOc1ccc(S(=O)(=O)NCCC(=O)NC(COC)C(=O)O)cc1. The number of carbonyl (C=O) groups excluding carboxylic acids is 1. The summed E-state index contributed by atoms with van der Waals surface area (Å²) >= 11 is 0. The van der Waals surface area contributed by atoms with E-state index < -0.39 is 27.9 Å². The van der Waals surface area contributed by atoms with Gasteiger partial charge in [-0.2, -0.15) is 0 Å². The molecule has 1 unspecified atom stereocenters. The second kappa shape index (κ2) is 9.97. The molecular formula is C15H22N2O7S. The molecular weight excluding hydrogens is 352 g/mol. The number of amides is 1. The Morgan fingerprint density at radius 3 is 2.40 bits per heavy atom. The lowest BCUT2D eigenvalue weighted by Gasteiger charge is -2.13. The van der Waals surface area contributed by atoms with Crippen molar-refractivity contribution in [2.75, 3.05) is 26.9 Å². The summed E-state index contributed by atoms with van der Waals surface area (Å²) in [6.07, 6.45) is -0.205. The van der Waals surface area contributed by atoms with E-state index >= 15 is 0 Å². The first-order valence-electron chi connectivity index (χ1n) is 7.53. The average Bonchev–Trinajstić information content (AvgIpc) is 2.55. The molecule has 1 aromatic carbocycles. The van der Waals surface area contributed by atoms with Gasteiger partial charge in [-0.3, -0.25) is 4.79 Å². The maximum absolute atomic E-state index is 12.1. The zero-order valence-corrected chi connectivity index (χ0v) is 14.8. The lowest BCUT2D eigenvalue weighted by molar-refractivity contribution is -0.143. The first-order chi connectivity index (χ1) is 11.8. The molecule has 1 rings (SSSR count). The molecule has 3 N–H and O–H groups in total. The lowest BCUT2D eigenvalue weighted by Crippen LogP contribution is -2.44. The van der Waals surface area contributed by atoms with Gasteiger partial charge in [0.1, 0.15) is 5.75 Å². The normalized spacial score (nSPS) is 12.4. The minimum absolute atomic E-state index is 0.0409. The molecule has 0 aliphatic carbocycles. The van der Waals surface area contributed by atoms with Crippen LogP contribution in [0.2, 0.25) is 0 Å². The summed E-state index contributed by atoms with van der Waals surface area (Å²) < 4.78 is 36.4. The molecule has 10 heteroatoms. The van der Waals surface area contributed by atoms with Crippen LogP contribution in [0.3, 0.4) is 0 Å². The maximum atomic E-state index is 12.1. The summed E-state index contributed by atoms with van der Waals surface area (Å²) in [5, 5.41) is 11.2. The second-order valence-corrected chi connectivity index (χ2v) is 6.73. The van der Waals surface area contributed by atoms with Crippen LogP contribution in [-0.4, -0.2) is 58.3 Å². The van der Waals surface area contributed by atoms with Crippen LogP contribution in [0.1, 0.15) is 13.3 Å². The number of benzene rings is 1. The lowest BCUT2D eigenvalue weighted by atomic mass is 10.3. The molecule has 0 aliphatic rings. The molecule has 0 saturated carbocycles. The molecule has 0 bridgehead atoms. The number of nitrogens with one attached hydrogen (secondary N) is 2. The number of rotatable bonds is 11. The number of sulfonamides is 1. The molecule has 9 nitrogen and oxygen atoms in total. The Balaban J connectivity index is 2.53. The third-order valence-electron chi connectivity index (χ3n) is 3.06. The molecule has 0 radical (unpaired) electrons. The standard InChI is InChI=1S/C15H22N2O7S/c1-3-24-11-4-6-12(7-5-11)25(21,22)16-9-8-14(18)17-13(10-23-2)15(19)20/h4-7,13,16H,3,8-10H2,1-2H3,(H,17,18)(H,19,20). The Morgan fingerprint density at radius 1 is 1.24 bits per heavy atom. The van der Waals surface area contributed by atoms with Crippen molar-refractivity contribution in [3.05, 3.63) is 24.3 Å². The van der Waals surface area contributed by atoms with Crippen molar-refractivity contribution in [2.24, 2.45) is 0 Å². The van der Waals surface area contributed by atoms with E-state index in [1.54, 1.807) is 0 Å². The molecule has 0 saturated heterocycles. The molecule has 0 spiro atoms. The summed E-state index contributed by atoms with van der Waals surface area (Å²) in [6.45, 7) is 1.94. The molecule has 1 aromatic rings. The topological polar surface area (TPSA) is 131 Å². The molecule has 0 aromatic heterocycles. The number of carboxylic acids is 1. The molecule has 0 aliphatic heterocycles. The summed E-state index contributed by atoms with van der Waals surface area (Å²) in [6, 6.07) is 4.68. The largest absolute Gasteiger partial charge is 0.494 e. The highest BCUT2D eigenvalue weighted by molar-refractivity contribution is 7.89. The van der Waals surface area contributed by atoms with E-state index in [9.17, 15) is 18.0 Å². The van der Waals surface area contributed by atoms with Crippen LogP contribution < -0.4 is 14.8 Å². The summed E-state index contributed by atoms with van der Waals surface area (Å²) in [5.74, 6) is -1.28. The first kappa shape index (κ1) is 20.9. The fourth-order valence-corrected chi connectivity index (χ4v) is 2.90. The Hall–Kier alpha value is -2.17. The van der Waals surface area contributed by atoms with E-state index in [0.29, 0.717) is 12.4 Å². The smallest absolute Gasteiger partial charge is 0.328 e. The quantitative estimate of drug-likeness (QED) is 0.496. The van der Waals surface area contributed by atoms with Crippen molar-refractivity contribution in [1.82, 2.24) is 10.0 Å². The monoisotopic (exact) mass is 374 g/mol. The summed E-state index contributed by atoms with van der Waals surface area (Å²) in [7, 11) is -2.46. The van der Waals surface area contributed by atoms with E-state index in [-0.39, 0.29) is 24.5 Å². The highest BCUT2D eigenvalue weighted by Crippen LogP contribution is 2.15. The summed E-state index contributed by atoms with van der Waals surface area (Å²) in [4.78, 5) is 22.6. The van der Waals surface area contributed by atoms with Crippen LogP contribution in [0, 0.1) is 0 Å². The van der Waals surface area contributed by atoms with Crippen LogP contribution >= 0.6 is 0 Å². The number of carboxylic acid groups (broad SMARTS) is 1. The van der Waals surface area contributed by atoms with Gasteiger partial charge in [0.2, 0.25) is 15.9 Å². The fourth-order valence-electron chi connectivity index (χ4n) is 1.87. The van der Waals surface area contributed by atoms with Crippen molar-refractivity contribution < 1.29 is 32.6 Å². The van der Waals surface area contributed by atoms with E-state index in [4.69, 9.17) is 14.6 Å². The third kappa shape index (κ3) is 7.08. The van der Waals surface area contributed by atoms with Gasteiger partial charge in [-0.25, -0.2) is 17.9 Å². The predicted molar refractivity (Wildman–Crippen MR) is 88.9 cm³/mol. The van der Waals surface area contributed by atoms with Gasteiger partial charge in [-0.1, -0.05) is 0 Å². The number of ether oxygens (including phenoxy) is 2. The number of carbonyl (C=O) groups is 2. The van der Waals surface area contributed by atoms with Gasteiger partial charge in [0.05, 0.1) is 18.1 Å². The van der Waals surface area contributed by atoms with Gasteiger partial charge in [0.25, 0.3) is 0 Å². The van der Waals surface area contributed by atoms with Gasteiger partial charge < -0.3 is 19.9 Å². The Kier molecular flexibility index (Phi) is 8.32. The Bertz CT molecular complexity index is 674. The van der Waals surface area contributed by atoms with Crippen LogP contribution in [0.4, 0.5) is 0 Å². The second-order valence-electron chi connectivity index (χ2n) is 4.97. The molecule has 25 heavy (non-hydrogen) atoms. The Morgan fingerprint density at radius 2 is 1.88 bits per heavy atom. The number of aliphatic carboxylic acids is 1. The minimum Gasteiger partial charge on any atom is -0.494 e. The summed E-state index contributed by atoms with van der Waals surface area (Å²) in [5.41, 5.74) is 0. The van der Waals surface area contributed by atoms with Crippen LogP contribution in [-0.2, 0) is 24.3 Å². The molecule has 140 valence electrons. The predicted octanol–water partition coefficient (Wildman–Crippen LogP) is -0.0305. The molecule has 1 amide bonds. The van der Waals surface area contributed by atoms with E-state index in [0.717, 1.165) is 0 Å². The molecule has 0 fully saturated rings. The third-order valence-corrected chi connectivity index (χ3v) is 4.53. The van der Waals surface area contributed by atoms with Crippen molar-refractivity contribution in [1.29, 1.82) is 0 Å². The van der Waals surface area contributed by atoms with E-state index in [2.05, 4.69) is 10.0 Å².